The van der Waals surface area contributed by atoms with E-state index in [2.05, 4.69) is 37.4 Å². The number of carbonyl (C=O) groups excluding carboxylic acids is 1. The van der Waals surface area contributed by atoms with Crippen LogP contribution in [0.5, 0.6) is 0 Å². The molecular weight excluding hydrogens is 337 g/mol. The topological polar surface area (TPSA) is 29.1 Å². The Morgan fingerprint density at radius 3 is 2.45 bits per heavy atom. The quantitative estimate of drug-likeness (QED) is 0.770. The van der Waals surface area contributed by atoms with Crippen molar-refractivity contribution >= 4 is 46.6 Å². The van der Waals surface area contributed by atoms with E-state index in [1.54, 1.807) is 30.0 Å². The third kappa shape index (κ3) is 5.24. The van der Waals surface area contributed by atoms with E-state index in [9.17, 15) is 4.79 Å². The number of hydrogen-bond acceptors (Lipinski definition) is 2. The molecule has 1 N–H and O–H groups in total. The summed E-state index contributed by atoms with van der Waals surface area (Å²) in [6.45, 7) is 4.16. The molecule has 0 fully saturated rings. The van der Waals surface area contributed by atoms with Gasteiger partial charge in [0.2, 0.25) is 5.91 Å². The molecule has 0 unspecified atom stereocenters. The van der Waals surface area contributed by atoms with Crippen LogP contribution in [0.4, 0.5) is 5.69 Å². The number of amides is 1. The highest BCUT2D eigenvalue weighted by atomic mass is 35.5. The van der Waals surface area contributed by atoms with Gasteiger partial charge in [0.05, 0.1) is 16.5 Å². The van der Waals surface area contributed by atoms with Gasteiger partial charge in [-0.3, -0.25) is 4.79 Å². The summed E-state index contributed by atoms with van der Waals surface area (Å²) in [6.07, 6.45) is 0. The van der Waals surface area contributed by atoms with Crippen LogP contribution in [0, 0.1) is 13.8 Å². The lowest BCUT2D eigenvalue weighted by atomic mass is 10.1. The van der Waals surface area contributed by atoms with Crippen molar-refractivity contribution in [2.45, 2.75) is 19.6 Å². The fourth-order valence-electron chi connectivity index (χ4n) is 2.19. The first-order valence-corrected chi connectivity index (χ1v) is 8.75. The SMILES string of the molecule is Cc1cc(C)cc(CSCC(=O)Nc2cc(Cl)ccc2Cl)c1. The molecule has 1 amide bonds. The van der Waals surface area contributed by atoms with Crippen LogP contribution in [-0.2, 0) is 10.5 Å². The van der Waals surface area contributed by atoms with Crippen LogP contribution in [0.1, 0.15) is 16.7 Å². The van der Waals surface area contributed by atoms with Crippen molar-refractivity contribution in [3.05, 3.63) is 63.1 Å². The van der Waals surface area contributed by atoms with Gasteiger partial charge in [0.15, 0.2) is 0 Å². The summed E-state index contributed by atoms with van der Waals surface area (Å²) in [5.74, 6) is 1.09. The van der Waals surface area contributed by atoms with Crippen molar-refractivity contribution in [3.63, 3.8) is 0 Å². The number of thioether (sulfide) groups is 1. The fourth-order valence-corrected chi connectivity index (χ4v) is 3.29. The molecule has 2 nitrogen and oxygen atoms in total. The number of benzene rings is 2. The van der Waals surface area contributed by atoms with Gasteiger partial charge in [0.25, 0.3) is 0 Å². The average Bonchev–Trinajstić information content (AvgIpc) is 2.42. The number of anilines is 1. The minimum atomic E-state index is -0.0847. The average molecular weight is 354 g/mol. The Bertz CT molecular complexity index is 668. The van der Waals surface area contributed by atoms with Crippen molar-refractivity contribution in [3.8, 4) is 0 Å². The molecule has 0 saturated heterocycles. The van der Waals surface area contributed by atoms with Gasteiger partial charge in [-0.1, -0.05) is 52.5 Å². The van der Waals surface area contributed by atoms with Crippen LogP contribution in [0.2, 0.25) is 10.0 Å². The standard InChI is InChI=1S/C17H17Cl2NOS/c1-11-5-12(2)7-13(6-11)9-22-10-17(21)20-16-8-14(18)3-4-15(16)19/h3-8H,9-10H2,1-2H3,(H,20,21). The molecule has 0 aliphatic heterocycles. The van der Waals surface area contributed by atoms with E-state index in [1.165, 1.54) is 16.7 Å². The summed E-state index contributed by atoms with van der Waals surface area (Å²) in [5, 5.41) is 3.81. The van der Waals surface area contributed by atoms with Gasteiger partial charge >= 0.3 is 0 Å². The van der Waals surface area contributed by atoms with Gasteiger partial charge < -0.3 is 5.32 Å². The molecule has 5 heteroatoms. The lowest BCUT2D eigenvalue weighted by Gasteiger charge is -2.08. The van der Waals surface area contributed by atoms with Crippen molar-refractivity contribution in [1.29, 1.82) is 0 Å². The second-order valence-corrected chi connectivity index (χ2v) is 6.99. The Labute approximate surface area is 145 Å². The Hall–Kier alpha value is -1.16. The molecule has 0 heterocycles. The normalized spacial score (nSPS) is 10.5. The van der Waals surface area contributed by atoms with Crippen LogP contribution in [0.3, 0.4) is 0 Å². The predicted octanol–water partition coefficient (Wildman–Crippen LogP) is 5.48. The molecule has 2 rings (SSSR count). The first-order valence-electron chi connectivity index (χ1n) is 6.84. The van der Waals surface area contributed by atoms with Gasteiger partial charge in [-0.15, -0.1) is 11.8 Å². The summed E-state index contributed by atoms with van der Waals surface area (Å²) in [6, 6.07) is 11.4. The summed E-state index contributed by atoms with van der Waals surface area (Å²) in [5.41, 5.74) is 4.26. The van der Waals surface area contributed by atoms with Crippen molar-refractivity contribution in [2.75, 3.05) is 11.1 Å². The molecule has 0 spiro atoms. The van der Waals surface area contributed by atoms with Crippen molar-refractivity contribution in [2.24, 2.45) is 0 Å². The smallest absolute Gasteiger partial charge is 0.234 e. The molecule has 22 heavy (non-hydrogen) atoms. The van der Waals surface area contributed by atoms with Gasteiger partial charge in [-0.2, -0.15) is 0 Å². The van der Waals surface area contributed by atoms with E-state index in [0.717, 1.165) is 5.75 Å². The largest absolute Gasteiger partial charge is 0.324 e. The lowest BCUT2D eigenvalue weighted by molar-refractivity contribution is -0.113. The number of carbonyl (C=O) groups is 1. The van der Waals surface area contributed by atoms with E-state index in [1.807, 2.05) is 0 Å². The second kappa shape index (κ2) is 7.91. The number of rotatable bonds is 5. The summed E-state index contributed by atoms with van der Waals surface area (Å²) >= 11 is 13.5. The lowest BCUT2D eigenvalue weighted by Crippen LogP contribution is -2.14. The molecule has 2 aromatic rings. The summed E-state index contributed by atoms with van der Waals surface area (Å²) in [4.78, 5) is 12.0. The first kappa shape index (κ1) is 17.2. The molecule has 0 aliphatic rings. The third-order valence-corrected chi connectivity index (χ3v) is 4.55. The van der Waals surface area contributed by atoms with Crippen LogP contribution >= 0.6 is 35.0 Å². The van der Waals surface area contributed by atoms with Crippen LogP contribution in [0.25, 0.3) is 0 Å². The highest BCUT2D eigenvalue weighted by molar-refractivity contribution is 7.99. The van der Waals surface area contributed by atoms with Gasteiger partial charge in [-0.25, -0.2) is 0 Å². The zero-order chi connectivity index (χ0) is 16.1. The Morgan fingerprint density at radius 2 is 1.77 bits per heavy atom. The van der Waals surface area contributed by atoms with Crippen molar-refractivity contribution < 1.29 is 4.79 Å². The molecule has 0 saturated carbocycles. The second-order valence-electron chi connectivity index (χ2n) is 5.16. The highest BCUT2D eigenvalue weighted by Gasteiger charge is 2.07. The zero-order valence-electron chi connectivity index (χ0n) is 12.5. The number of halogens is 2. The van der Waals surface area contributed by atoms with E-state index in [4.69, 9.17) is 23.2 Å². The minimum Gasteiger partial charge on any atom is -0.324 e. The van der Waals surface area contributed by atoms with E-state index in [0.29, 0.717) is 21.5 Å². The minimum absolute atomic E-state index is 0.0847. The number of hydrogen-bond donors (Lipinski definition) is 1. The van der Waals surface area contributed by atoms with Gasteiger partial charge in [-0.05, 0) is 37.6 Å². The maximum atomic E-state index is 12.0. The van der Waals surface area contributed by atoms with Crippen LogP contribution in [0.15, 0.2) is 36.4 Å². The number of aryl methyl sites for hydroxylation is 2. The monoisotopic (exact) mass is 353 g/mol. The van der Waals surface area contributed by atoms with E-state index >= 15 is 0 Å². The molecule has 0 radical (unpaired) electrons. The van der Waals surface area contributed by atoms with Gasteiger partial charge in [0.1, 0.15) is 0 Å². The van der Waals surface area contributed by atoms with Gasteiger partial charge in [0, 0.05) is 10.8 Å². The van der Waals surface area contributed by atoms with E-state index < -0.39 is 0 Å². The summed E-state index contributed by atoms with van der Waals surface area (Å²) < 4.78 is 0. The van der Waals surface area contributed by atoms with Crippen LogP contribution in [-0.4, -0.2) is 11.7 Å². The van der Waals surface area contributed by atoms with E-state index in [-0.39, 0.29) is 5.91 Å². The van der Waals surface area contributed by atoms with Crippen LogP contribution < -0.4 is 5.32 Å². The Morgan fingerprint density at radius 1 is 1.09 bits per heavy atom. The highest BCUT2D eigenvalue weighted by Crippen LogP contribution is 2.25. The predicted molar refractivity (Wildman–Crippen MR) is 97.2 cm³/mol. The number of nitrogens with one attached hydrogen (secondary N) is 1. The molecule has 0 atom stereocenters. The third-order valence-electron chi connectivity index (χ3n) is 2.99. The maximum Gasteiger partial charge on any atom is 0.234 e. The Balaban J connectivity index is 1.86. The molecule has 0 bridgehead atoms. The Kier molecular flexibility index (Phi) is 6.18. The molecule has 0 aromatic heterocycles. The van der Waals surface area contributed by atoms with Crippen molar-refractivity contribution in [1.82, 2.24) is 0 Å². The molecular formula is C17H17Cl2NOS. The summed E-state index contributed by atoms with van der Waals surface area (Å²) in [7, 11) is 0. The fraction of sp³-hybridized carbons (Fsp3) is 0.235. The molecule has 0 aliphatic carbocycles. The zero-order valence-corrected chi connectivity index (χ0v) is 14.8. The maximum absolute atomic E-state index is 12.0. The first-order chi connectivity index (χ1) is 10.4. The molecule has 2 aromatic carbocycles. The molecule has 116 valence electrons.